The minimum Gasteiger partial charge on any atom is -0.350 e. The molecule has 1 N–H and O–H groups in total. The Morgan fingerprint density at radius 2 is 1.77 bits per heavy atom. The molecule has 2 fully saturated rings. The van der Waals surface area contributed by atoms with E-state index < -0.39 is 10.0 Å². The molecule has 1 aromatic carbocycles. The maximum Gasteiger partial charge on any atom is 0.252 e. The third-order valence-corrected chi connectivity index (χ3v) is 8.54. The van der Waals surface area contributed by atoms with Gasteiger partial charge < -0.3 is 5.32 Å². The molecule has 0 unspecified atom stereocenters. The zero-order valence-electron chi connectivity index (χ0n) is 17.8. The van der Waals surface area contributed by atoms with Gasteiger partial charge in [-0.05, 0) is 25.3 Å². The van der Waals surface area contributed by atoms with Crippen LogP contribution in [0.5, 0.6) is 0 Å². The second-order valence-electron chi connectivity index (χ2n) is 8.37. The number of amides is 1. The van der Waals surface area contributed by atoms with Crippen molar-refractivity contribution in [1.82, 2.24) is 14.5 Å². The van der Waals surface area contributed by atoms with Crippen molar-refractivity contribution in [3.63, 3.8) is 0 Å². The van der Waals surface area contributed by atoms with Crippen molar-refractivity contribution in [3.8, 4) is 0 Å². The maximum absolute atomic E-state index is 12.8. The Morgan fingerprint density at radius 1 is 1.10 bits per heavy atom. The highest BCUT2D eigenvalue weighted by Crippen LogP contribution is 2.34. The molecule has 30 heavy (non-hydrogen) atoms. The predicted octanol–water partition coefficient (Wildman–Crippen LogP) is 2.29. The van der Waals surface area contributed by atoms with E-state index in [0.29, 0.717) is 56.6 Å². The van der Waals surface area contributed by atoms with Crippen LogP contribution in [0.15, 0.2) is 24.3 Å². The number of carbonyl (C=O) groups is 2. The topological polar surface area (TPSA) is 86.8 Å². The molecular formula is C22H33N3O4S. The molecule has 0 atom stereocenters. The minimum absolute atomic E-state index is 0.148. The SMILES string of the molecule is CCCS(=O)(=O)N1CCN(C2(CNC(=O)c3ccccc3C=O)CCCCC2)CC1. The van der Waals surface area contributed by atoms with Gasteiger partial charge >= 0.3 is 0 Å². The predicted molar refractivity (Wildman–Crippen MR) is 117 cm³/mol. The van der Waals surface area contributed by atoms with Crippen molar-refractivity contribution in [3.05, 3.63) is 35.4 Å². The number of rotatable bonds is 8. The lowest BCUT2D eigenvalue weighted by molar-refractivity contribution is 0.0240. The highest BCUT2D eigenvalue weighted by molar-refractivity contribution is 7.89. The average molecular weight is 436 g/mol. The molecule has 0 spiro atoms. The molecule has 7 nitrogen and oxygen atoms in total. The van der Waals surface area contributed by atoms with E-state index in [9.17, 15) is 18.0 Å². The zero-order valence-corrected chi connectivity index (χ0v) is 18.6. The summed E-state index contributed by atoms with van der Waals surface area (Å²) in [5, 5.41) is 3.07. The zero-order chi connectivity index (χ0) is 21.6. The third-order valence-electron chi connectivity index (χ3n) is 6.46. The molecule has 8 heteroatoms. The van der Waals surface area contributed by atoms with Crippen molar-refractivity contribution in [1.29, 1.82) is 0 Å². The normalized spacial score (nSPS) is 20.6. The molecule has 0 aromatic heterocycles. The van der Waals surface area contributed by atoms with Gasteiger partial charge in [0.1, 0.15) is 0 Å². The van der Waals surface area contributed by atoms with Crippen LogP contribution in [0.3, 0.4) is 0 Å². The number of piperazine rings is 1. The average Bonchev–Trinajstić information content (AvgIpc) is 2.78. The van der Waals surface area contributed by atoms with Crippen LogP contribution in [0.1, 0.15) is 66.2 Å². The molecule has 1 heterocycles. The number of hydrogen-bond acceptors (Lipinski definition) is 5. The van der Waals surface area contributed by atoms with E-state index in [4.69, 9.17) is 0 Å². The van der Waals surface area contributed by atoms with Gasteiger partial charge in [-0.2, -0.15) is 4.31 Å². The smallest absolute Gasteiger partial charge is 0.252 e. The van der Waals surface area contributed by atoms with Crippen LogP contribution in [0.4, 0.5) is 0 Å². The number of carbonyl (C=O) groups excluding carboxylic acids is 2. The first-order valence-electron chi connectivity index (χ1n) is 11.0. The van der Waals surface area contributed by atoms with E-state index in [-0.39, 0.29) is 17.2 Å². The maximum atomic E-state index is 12.8. The number of nitrogens with one attached hydrogen (secondary N) is 1. The Labute approximate surface area is 179 Å². The number of aldehydes is 1. The largest absolute Gasteiger partial charge is 0.350 e. The van der Waals surface area contributed by atoms with Crippen molar-refractivity contribution < 1.29 is 18.0 Å². The van der Waals surface area contributed by atoms with Crippen LogP contribution in [-0.2, 0) is 10.0 Å². The number of sulfonamides is 1. The lowest BCUT2D eigenvalue weighted by Crippen LogP contribution is -2.62. The molecule has 2 aliphatic rings. The second kappa shape index (κ2) is 10.0. The fraction of sp³-hybridized carbons (Fsp3) is 0.636. The molecule has 166 valence electrons. The summed E-state index contributed by atoms with van der Waals surface area (Å²) >= 11 is 0. The van der Waals surface area contributed by atoms with Crippen LogP contribution in [0.2, 0.25) is 0 Å². The highest BCUT2D eigenvalue weighted by atomic mass is 32.2. The molecule has 0 radical (unpaired) electrons. The van der Waals surface area contributed by atoms with E-state index in [1.807, 2.05) is 6.92 Å². The van der Waals surface area contributed by atoms with Crippen molar-refractivity contribution in [2.75, 3.05) is 38.5 Å². The van der Waals surface area contributed by atoms with Crippen molar-refractivity contribution >= 4 is 22.2 Å². The van der Waals surface area contributed by atoms with Crippen molar-refractivity contribution in [2.24, 2.45) is 0 Å². The molecule has 1 aliphatic heterocycles. The molecule has 1 saturated heterocycles. The first-order chi connectivity index (χ1) is 14.4. The van der Waals surface area contributed by atoms with E-state index in [1.54, 1.807) is 28.6 Å². The van der Waals surface area contributed by atoms with Crippen LogP contribution < -0.4 is 5.32 Å². The summed E-state index contributed by atoms with van der Waals surface area (Å²) < 4.78 is 26.4. The van der Waals surface area contributed by atoms with Crippen LogP contribution in [-0.4, -0.2) is 73.8 Å². The van der Waals surface area contributed by atoms with E-state index >= 15 is 0 Å². The van der Waals surface area contributed by atoms with Gasteiger partial charge in [0, 0.05) is 49.4 Å². The number of hydrogen-bond donors (Lipinski definition) is 1. The molecular weight excluding hydrogens is 402 g/mol. The summed E-state index contributed by atoms with van der Waals surface area (Å²) in [6, 6.07) is 6.82. The Bertz CT molecular complexity index is 842. The second-order valence-corrected chi connectivity index (χ2v) is 10.5. The summed E-state index contributed by atoms with van der Waals surface area (Å²) in [6.07, 6.45) is 6.72. The Morgan fingerprint density at radius 3 is 2.40 bits per heavy atom. The summed E-state index contributed by atoms with van der Waals surface area (Å²) in [5.74, 6) is -0.0311. The monoisotopic (exact) mass is 435 g/mol. The first kappa shape index (κ1) is 22.9. The fourth-order valence-corrected chi connectivity index (χ4v) is 6.28. The number of nitrogens with zero attached hydrogens (tertiary/aromatic N) is 2. The first-order valence-corrected chi connectivity index (χ1v) is 12.6. The molecule has 1 amide bonds. The van der Waals surface area contributed by atoms with E-state index in [0.717, 1.165) is 25.7 Å². The van der Waals surface area contributed by atoms with E-state index in [2.05, 4.69) is 10.2 Å². The van der Waals surface area contributed by atoms with Crippen LogP contribution >= 0.6 is 0 Å². The van der Waals surface area contributed by atoms with Gasteiger partial charge in [0.2, 0.25) is 10.0 Å². The fourth-order valence-electron chi connectivity index (χ4n) is 4.79. The Kier molecular flexibility index (Phi) is 7.65. The molecule has 0 bridgehead atoms. The highest BCUT2D eigenvalue weighted by Gasteiger charge is 2.40. The Balaban J connectivity index is 1.68. The standard InChI is InChI=1S/C22H33N3O4S/c1-2-16-30(28,29)25-14-12-24(13-15-25)22(10-6-3-7-11-22)18-23-21(27)20-9-5-4-8-19(20)17-26/h4-5,8-9,17H,2-3,6-7,10-16,18H2,1H3,(H,23,27). The lowest BCUT2D eigenvalue weighted by atomic mass is 9.79. The quantitative estimate of drug-likeness (QED) is 0.633. The summed E-state index contributed by atoms with van der Waals surface area (Å²) in [6.45, 7) is 4.78. The molecule has 1 aliphatic carbocycles. The van der Waals surface area contributed by atoms with Gasteiger partial charge in [-0.25, -0.2) is 8.42 Å². The summed E-state index contributed by atoms with van der Waals surface area (Å²) in [5.41, 5.74) is 0.640. The summed E-state index contributed by atoms with van der Waals surface area (Å²) in [7, 11) is -3.17. The van der Waals surface area contributed by atoms with Crippen molar-refractivity contribution in [2.45, 2.75) is 51.0 Å². The van der Waals surface area contributed by atoms with Gasteiger partial charge in [-0.15, -0.1) is 0 Å². The lowest BCUT2D eigenvalue weighted by Gasteiger charge is -2.49. The van der Waals surface area contributed by atoms with Crippen LogP contribution in [0, 0.1) is 0 Å². The number of benzene rings is 1. The van der Waals surface area contributed by atoms with Crippen LogP contribution in [0.25, 0.3) is 0 Å². The Hall–Kier alpha value is -1.77. The van der Waals surface area contributed by atoms with Gasteiger partial charge in [-0.1, -0.05) is 44.4 Å². The molecule has 1 saturated carbocycles. The molecule has 1 aromatic rings. The minimum atomic E-state index is -3.17. The van der Waals surface area contributed by atoms with Gasteiger partial charge in [0.05, 0.1) is 5.75 Å². The van der Waals surface area contributed by atoms with Gasteiger partial charge in [0.15, 0.2) is 6.29 Å². The third kappa shape index (κ3) is 5.10. The van der Waals surface area contributed by atoms with E-state index in [1.165, 1.54) is 6.42 Å². The van der Waals surface area contributed by atoms with Gasteiger partial charge in [0.25, 0.3) is 5.91 Å². The summed E-state index contributed by atoms with van der Waals surface area (Å²) in [4.78, 5) is 26.4. The van der Waals surface area contributed by atoms with Gasteiger partial charge in [-0.3, -0.25) is 14.5 Å². The molecule has 3 rings (SSSR count).